The van der Waals surface area contributed by atoms with Crippen LogP contribution in [0.25, 0.3) is 5.69 Å². The minimum absolute atomic E-state index is 0.104. The monoisotopic (exact) mass is 423 g/mol. The minimum Gasteiger partial charge on any atom is -0.322 e. The molecule has 1 aliphatic rings. The summed E-state index contributed by atoms with van der Waals surface area (Å²) in [5, 5.41) is 11.1. The van der Waals surface area contributed by atoms with Crippen LogP contribution in [-0.4, -0.2) is 33.1 Å². The topological polar surface area (TPSA) is 80.1 Å². The molecule has 0 aliphatic carbocycles. The Morgan fingerprint density at radius 1 is 0.906 bits per heavy atom. The molecule has 0 radical (unpaired) electrons. The van der Waals surface area contributed by atoms with Gasteiger partial charge in [-0.1, -0.05) is 30.3 Å². The Labute approximate surface area is 185 Å². The lowest BCUT2D eigenvalue weighted by Gasteiger charge is -2.23. The first-order valence-electron chi connectivity index (χ1n) is 10.4. The van der Waals surface area contributed by atoms with Crippen LogP contribution in [-0.2, 0) is 6.42 Å². The van der Waals surface area contributed by atoms with Crippen molar-refractivity contribution in [3.05, 3.63) is 102 Å². The quantitative estimate of drug-likeness (QED) is 0.540. The average molecular weight is 423 g/mol. The predicted octanol–water partition coefficient (Wildman–Crippen LogP) is 4.03. The van der Waals surface area contributed by atoms with Crippen molar-refractivity contribution in [2.24, 2.45) is 0 Å². The number of hydrogen-bond donors (Lipinski definition) is 1. The number of aromatic nitrogens is 3. The molecule has 0 spiro atoms. The van der Waals surface area contributed by atoms with Crippen molar-refractivity contribution in [1.29, 1.82) is 0 Å². The zero-order valence-electron chi connectivity index (χ0n) is 17.5. The van der Waals surface area contributed by atoms with Crippen molar-refractivity contribution in [3.63, 3.8) is 0 Å². The number of carbonyl (C=O) groups is 2. The maximum Gasteiger partial charge on any atom is 0.258 e. The second-order valence-corrected chi connectivity index (χ2v) is 7.66. The van der Waals surface area contributed by atoms with Crippen molar-refractivity contribution in [2.45, 2.75) is 13.3 Å². The van der Waals surface area contributed by atoms with E-state index < -0.39 is 0 Å². The summed E-state index contributed by atoms with van der Waals surface area (Å²) in [4.78, 5) is 27.7. The molecule has 0 bridgehead atoms. The molecule has 158 valence electrons. The summed E-state index contributed by atoms with van der Waals surface area (Å²) in [6, 6.07) is 22.1. The smallest absolute Gasteiger partial charge is 0.258 e. The number of carbonyl (C=O) groups excluding carboxylic acids is 2. The molecular formula is C25H21N5O2. The molecule has 0 saturated carbocycles. The predicted molar refractivity (Wildman–Crippen MR) is 122 cm³/mol. The van der Waals surface area contributed by atoms with Crippen molar-refractivity contribution < 1.29 is 9.59 Å². The fourth-order valence-electron chi connectivity index (χ4n) is 3.95. The second-order valence-electron chi connectivity index (χ2n) is 7.66. The first kappa shape index (κ1) is 19.7. The highest BCUT2D eigenvalue weighted by Gasteiger charge is 2.25. The van der Waals surface area contributed by atoms with Crippen LogP contribution in [0.5, 0.6) is 0 Å². The SMILES string of the molecule is Cc1ccccc1C(=O)Nc1ccc(C(=O)N2CCc3nncn3-c3ccccc32)cc1. The van der Waals surface area contributed by atoms with Crippen LogP contribution in [0.1, 0.15) is 32.1 Å². The van der Waals surface area contributed by atoms with E-state index >= 15 is 0 Å². The number of aryl methyl sites for hydroxylation is 1. The Bertz CT molecular complexity index is 1310. The van der Waals surface area contributed by atoms with Gasteiger partial charge in [0.15, 0.2) is 0 Å². The summed E-state index contributed by atoms with van der Waals surface area (Å²) in [7, 11) is 0. The molecular weight excluding hydrogens is 402 g/mol. The number of hydrogen-bond acceptors (Lipinski definition) is 4. The molecule has 0 saturated heterocycles. The summed E-state index contributed by atoms with van der Waals surface area (Å²) >= 11 is 0. The standard InChI is InChI=1S/C25H21N5O2/c1-17-6-2-3-7-20(17)24(31)27-19-12-10-18(11-13-19)25(32)29-15-14-23-28-26-16-30(23)22-9-5-4-8-21(22)29/h2-13,16H,14-15H2,1H3,(H,27,31). The van der Waals surface area contributed by atoms with Gasteiger partial charge in [-0.15, -0.1) is 10.2 Å². The van der Waals surface area contributed by atoms with Crippen LogP contribution in [0.3, 0.4) is 0 Å². The van der Waals surface area contributed by atoms with Crippen LogP contribution < -0.4 is 10.2 Å². The third kappa shape index (κ3) is 3.54. The van der Waals surface area contributed by atoms with Crippen LogP contribution in [0.15, 0.2) is 79.1 Å². The van der Waals surface area contributed by atoms with Crippen molar-refractivity contribution in [1.82, 2.24) is 14.8 Å². The molecule has 0 atom stereocenters. The Kier molecular flexibility index (Phi) is 4.99. The van der Waals surface area contributed by atoms with Gasteiger partial charge < -0.3 is 10.2 Å². The first-order chi connectivity index (χ1) is 15.6. The molecule has 0 unspecified atom stereocenters. The molecule has 3 aromatic carbocycles. The number of para-hydroxylation sites is 2. The van der Waals surface area contributed by atoms with Crippen LogP contribution in [0.4, 0.5) is 11.4 Å². The van der Waals surface area contributed by atoms with Crippen molar-refractivity contribution in [3.8, 4) is 5.69 Å². The summed E-state index contributed by atoms with van der Waals surface area (Å²) < 4.78 is 1.92. The molecule has 1 aromatic heterocycles. The maximum absolute atomic E-state index is 13.4. The largest absolute Gasteiger partial charge is 0.322 e. The number of fused-ring (bicyclic) bond motifs is 3. The zero-order valence-corrected chi connectivity index (χ0v) is 17.5. The average Bonchev–Trinajstić information content (AvgIpc) is 3.22. The summed E-state index contributed by atoms with van der Waals surface area (Å²) in [6.45, 7) is 2.40. The second kappa shape index (κ2) is 8.11. The minimum atomic E-state index is -0.174. The Morgan fingerprint density at radius 2 is 1.62 bits per heavy atom. The van der Waals surface area contributed by atoms with Gasteiger partial charge in [0, 0.05) is 29.8 Å². The van der Waals surface area contributed by atoms with E-state index in [2.05, 4.69) is 15.5 Å². The number of benzene rings is 3. The van der Waals surface area contributed by atoms with Crippen molar-refractivity contribution >= 4 is 23.2 Å². The lowest BCUT2D eigenvalue weighted by Crippen LogP contribution is -2.32. The molecule has 2 heterocycles. The third-order valence-electron chi connectivity index (χ3n) is 5.63. The Balaban J connectivity index is 1.38. The van der Waals surface area contributed by atoms with E-state index in [0.29, 0.717) is 29.8 Å². The molecule has 7 heteroatoms. The number of amides is 2. The van der Waals surface area contributed by atoms with Gasteiger partial charge in [-0.2, -0.15) is 0 Å². The van der Waals surface area contributed by atoms with E-state index in [4.69, 9.17) is 0 Å². The third-order valence-corrected chi connectivity index (χ3v) is 5.63. The van der Waals surface area contributed by atoms with Crippen molar-refractivity contribution in [2.75, 3.05) is 16.8 Å². The molecule has 7 nitrogen and oxygen atoms in total. The lowest BCUT2D eigenvalue weighted by molar-refractivity contribution is 0.0986. The van der Waals surface area contributed by atoms with Gasteiger partial charge in [-0.3, -0.25) is 14.2 Å². The number of nitrogens with zero attached hydrogens (tertiary/aromatic N) is 4. The fourth-order valence-corrected chi connectivity index (χ4v) is 3.95. The first-order valence-corrected chi connectivity index (χ1v) is 10.4. The molecule has 2 amide bonds. The highest BCUT2D eigenvalue weighted by atomic mass is 16.2. The molecule has 32 heavy (non-hydrogen) atoms. The van der Waals surface area contributed by atoms with Gasteiger partial charge in [0.2, 0.25) is 0 Å². The highest BCUT2D eigenvalue weighted by molar-refractivity contribution is 6.08. The fraction of sp³-hybridized carbons (Fsp3) is 0.120. The Morgan fingerprint density at radius 3 is 2.41 bits per heavy atom. The van der Waals surface area contributed by atoms with Crippen LogP contribution in [0, 0.1) is 6.92 Å². The van der Waals surface area contributed by atoms with E-state index in [-0.39, 0.29) is 11.8 Å². The number of nitrogens with one attached hydrogen (secondary N) is 1. The van der Waals surface area contributed by atoms with Gasteiger partial charge in [0.05, 0.1) is 11.4 Å². The van der Waals surface area contributed by atoms with E-state index in [1.165, 1.54) is 0 Å². The van der Waals surface area contributed by atoms with E-state index in [1.54, 1.807) is 41.6 Å². The van der Waals surface area contributed by atoms with Gasteiger partial charge in [0.25, 0.3) is 11.8 Å². The maximum atomic E-state index is 13.4. The normalized spacial score (nSPS) is 12.5. The molecule has 1 N–H and O–H groups in total. The van der Waals surface area contributed by atoms with Gasteiger partial charge in [-0.05, 0) is 55.0 Å². The van der Waals surface area contributed by atoms with E-state index in [0.717, 1.165) is 22.8 Å². The van der Waals surface area contributed by atoms with E-state index in [9.17, 15) is 9.59 Å². The molecule has 5 rings (SSSR count). The Hall–Kier alpha value is -4.26. The highest BCUT2D eigenvalue weighted by Crippen LogP contribution is 2.29. The number of rotatable bonds is 3. The van der Waals surface area contributed by atoms with Gasteiger partial charge >= 0.3 is 0 Å². The van der Waals surface area contributed by atoms with Gasteiger partial charge in [0.1, 0.15) is 12.2 Å². The zero-order chi connectivity index (χ0) is 22.1. The van der Waals surface area contributed by atoms with Crippen LogP contribution >= 0.6 is 0 Å². The summed E-state index contributed by atoms with van der Waals surface area (Å²) in [5.74, 6) is 0.543. The molecule has 1 aliphatic heterocycles. The van der Waals surface area contributed by atoms with E-state index in [1.807, 2.05) is 54.0 Å². The molecule has 0 fully saturated rings. The van der Waals surface area contributed by atoms with Gasteiger partial charge in [-0.25, -0.2) is 0 Å². The lowest BCUT2D eigenvalue weighted by atomic mass is 10.1. The summed E-state index contributed by atoms with van der Waals surface area (Å²) in [5.41, 5.74) is 4.41. The van der Waals surface area contributed by atoms with Crippen LogP contribution in [0.2, 0.25) is 0 Å². The summed E-state index contributed by atoms with van der Waals surface area (Å²) in [6.07, 6.45) is 2.28. The number of anilines is 2. The molecule has 4 aromatic rings.